The van der Waals surface area contributed by atoms with Crippen LogP contribution in [0.5, 0.6) is 5.75 Å². The first-order valence-corrected chi connectivity index (χ1v) is 12.8. The van der Waals surface area contributed by atoms with Gasteiger partial charge in [-0.3, -0.25) is 0 Å². The lowest BCUT2D eigenvalue weighted by Crippen LogP contribution is -2.52. The van der Waals surface area contributed by atoms with Gasteiger partial charge in [0.05, 0.1) is 12.5 Å². The van der Waals surface area contributed by atoms with Crippen LogP contribution in [-0.4, -0.2) is 47.3 Å². The van der Waals surface area contributed by atoms with Crippen molar-refractivity contribution in [1.82, 2.24) is 14.5 Å². The fraction of sp³-hybridized carbons (Fsp3) is 0.226. The molecular weight excluding hydrogens is 458 g/mol. The Morgan fingerprint density at radius 3 is 2.41 bits per heavy atom. The topological polar surface area (TPSA) is 46.4 Å². The van der Waals surface area contributed by atoms with Crippen molar-refractivity contribution in [2.75, 3.05) is 36.5 Å². The van der Waals surface area contributed by atoms with Gasteiger partial charge in [0, 0.05) is 48.8 Å². The second-order valence-corrected chi connectivity index (χ2v) is 9.70. The average molecular weight is 490 g/mol. The molecule has 5 aromatic rings. The van der Waals surface area contributed by atoms with E-state index < -0.39 is 0 Å². The van der Waals surface area contributed by atoms with Crippen molar-refractivity contribution in [1.29, 1.82) is 0 Å². The van der Waals surface area contributed by atoms with Gasteiger partial charge in [0.2, 0.25) is 0 Å². The predicted molar refractivity (Wildman–Crippen MR) is 151 cm³/mol. The second kappa shape index (κ2) is 9.62. The number of rotatable bonds is 5. The third kappa shape index (κ3) is 4.29. The smallest absolute Gasteiger partial charge is 0.150 e. The van der Waals surface area contributed by atoms with Gasteiger partial charge in [-0.15, -0.1) is 0 Å². The zero-order chi connectivity index (χ0) is 25.4. The van der Waals surface area contributed by atoms with E-state index in [-0.39, 0.29) is 0 Å². The number of piperazine rings is 1. The van der Waals surface area contributed by atoms with Crippen molar-refractivity contribution in [2.24, 2.45) is 0 Å². The summed E-state index contributed by atoms with van der Waals surface area (Å²) >= 11 is 0. The molecule has 0 amide bonds. The van der Waals surface area contributed by atoms with Gasteiger partial charge in [-0.25, -0.2) is 9.97 Å². The Balaban J connectivity index is 1.43. The van der Waals surface area contributed by atoms with Crippen LogP contribution in [0, 0.1) is 6.92 Å². The molecule has 0 radical (unpaired) electrons. The Hall–Kier alpha value is -4.32. The zero-order valence-corrected chi connectivity index (χ0v) is 21.5. The summed E-state index contributed by atoms with van der Waals surface area (Å²) < 4.78 is 7.54. The molecule has 1 fully saturated rings. The molecule has 0 spiro atoms. The lowest BCUT2D eigenvalue weighted by atomic mass is 10.1. The van der Waals surface area contributed by atoms with Crippen LogP contribution in [0.25, 0.3) is 27.8 Å². The predicted octanol–water partition coefficient (Wildman–Crippen LogP) is 6.12. The zero-order valence-electron chi connectivity index (χ0n) is 21.5. The third-order valence-corrected chi connectivity index (χ3v) is 7.26. The van der Waals surface area contributed by atoms with E-state index >= 15 is 0 Å². The summed E-state index contributed by atoms with van der Waals surface area (Å²) in [6.07, 6.45) is 3.89. The number of aromatic nitrogens is 3. The molecule has 0 unspecified atom stereocenters. The van der Waals surface area contributed by atoms with Crippen LogP contribution in [0.1, 0.15) is 12.5 Å². The van der Waals surface area contributed by atoms with Gasteiger partial charge in [-0.2, -0.15) is 0 Å². The van der Waals surface area contributed by atoms with E-state index in [2.05, 4.69) is 101 Å². The van der Waals surface area contributed by atoms with E-state index in [0.29, 0.717) is 6.04 Å². The number of methoxy groups -OCH3 is 1. The molecule has 1 aliphatic rings. The molecule has 0 bridgehead atoms. The minimum Gasteiger partial charge on any atom is -0.497 e. The first-order chi connectivity index (χ1) is 18.1. The molecule has 1 atom stereocenters. The first-order valence-electron chi connectivity index (χ1n) is 12.8. The summed E-state index contributed by atoms with van der Waals surface area (Å²) in [6.45, 7) is 7.18. The molecule has 6 rings (SSSR count). The van der Waals surface area contributed by atoms with Gasteiger partial charge in [0.25, 0.3) is 0 Å². The fourth-order valence-corrected chi connectivity index (χ4v) is 5.40. The lowest BCUT2D eigenvalue weighted by Gasteiger charge is -2.42. The fourth-order valence-electron chi connectivity index (χ4n) is 5.40. The Bertz CT molecular complexity index is 1530. The quantitative estimate of drug-likeness (QED) is 0.298. The monoisotopic (exact) mass is 489 g/mol. The highest BCUT2D eigenvalue weighted by molar-refractivity contribution is 6.02. The van der Waals surface area contributed by atoms with Gasteiger partial charge in [-0.05, 0) is 61.4 Å². The van der Waals surface area contributed by atoms with Crippen LogP contribution < -0.4 is 14.5 Å². The number of hydrogen-bond acceptors (Lipinski definition) is 5. The molecule has 3 aromatic carbocycles. The summed E-state index contributed by atoms with van der Waals surface area (Å²) in [6, 6.07) is 27.8. The van der Waals surface area contributed by atoms with E-state index in [1.54, 1.807) is 13.4 Å². The number of hydrogen-bond donors (Lipinski definition) is 0. The summed E-state index contributed by atoms with van der Waals surface area (Å²) in [7, 11) is 1.69. The molecular formula is C31H31N5O. The Morgan fingerprint density at radius 2 is 1.68 bits per heavy atom. The number of aryl methyl sites for hydroxylation is 1. The molecule has 6 nitrogen and oxygen atoms in total. The molecule has 37 heavy (non-hydrogen) atoms. The van der Waals surface area contributed by atoms with Crippen molar-refractivity contribution in [3.63, 3.8) is 0 Å². The number of nitrogens with zero attached hydrogens (tertiary/aromatic N) is 5. The SMILES string of the molecule is COc1ccc(-n2cc(-c3ccccc3)c3c(N4CCN(c5cccc(C)c5)[C@H](C)C4)ncnc32)cc1. The molecule has 186 valence electrons. The van der Waals surface area contributed by atoms with Gasteiger partial charge < -0.3 is 19.1 Å². The van der Waals surface area contributed by atoms with Crippen LogP contribution in [0.2, 0.25) is 0 Å². The first kappa shape index (κ1) is 23.1. The number of benzene rings is 3. The van der Waals surface area contributed by atoms with Crippen LogP contribution >= 0.6 is 0 Å². The van der Waals surface area contributed by atoms with Crippen LogP contribution in [-0.2, 0) is 0 Å². The van der Waals surface area contributed by atoms with E-state index in [1.165, 1.54) is 11.3 Å². The molecule has 1 saturated heterocycles. The standard InChI is InChI=1S/C31H31N5O/c1-22-8-7-11-26(18-22)35-17-16-34(19-23(35)2)30-29-28(24-9-5-4-6-10-24)20-36(31(29)33-21-32-30)25-12-14-27(37-3)15-13-25/h4-15,18,20-21,23H,16-17,19H2,1-3H3/t23-/m1/s1. The van der Waals surface area contributed by atoms with Crippen molar-refractivity contribution in [3.05, 3.63) is 97.0 Å². The van der Waals surface area contributed by atoms with Crippen molar-refractivity contribution in [3.8, 4) is 22.6 Å². The van der Waals surface area contributed by atoms with Crippen molar-refractivity contribution < 1.29 is 4.74 Å². The highest BCUT2D eigenvalue weighted by Gasteiger charge is 2.28. The van der Waals surface area contributed by atoms with Crippen LogP contribution in [0.3, 0.4) is 0 Å². The maximum absolute atomic E-state index is 5.38. The van der Waals surface area contributed by atoms with E-state index in [1.807, 2.05) is 12.1 Å². The molecule has 6 heteroatoms. The molecule has 0 N–H and O–H groups in total. The average Bonchev–Trinajstić information content (AvgIpc) is 3.33. The van der Waals surface area contributed by atoms with Crippen molar-refractivity contribution in [2.45, 2.75) is 19.9 Å². The maximum Gasteiger partial charge on any atom is 0.150 e. The Morgan fingerprint density at radius 1 is 0.865 bits per heavy atom. The molecule has 0 saturated carbocycles. The lowest BCUT2D eigenvalue weighted by molar-refractivity contribution is 0.415. The van der Waals surface area contributed by atoms with E-state index in [0.717, 1.165) is 59.0 Å². The molecule has 1 aliphatic heterocycles. The summed E-state index contributed by atoms with van der Waals surface area (Å²) in [5, 5.41) is 1.08. The van der Waals surface area contributed by atoms with Gasteiger partial charge >= 0.3 is 0 Å². The van der Waals surface area contributed by atoms with Gasteiger partial charge in [0.15, 0.2) is 5.65 Å². The highest BCUT2D eigenvalue weighted by Crippen LogP contribution is 2.37. The Labute approximate surface area is 217 Å². The van der Waals surface area contributed by atoms with E-state index in [4.69, 9.17) is 14.7 Å². The number of fused-ring (bicyclic) bond motifs is 1. The normalized spacial score (nSPS) is 15.8. The largest absolute Gasteiger partial charge is 0.497 e. The number of anilines is 2. The van der Waals surface area contributed by atoms with Gasteiger partial charge in [0.1, 0.15) is 17.9 Å². The summed E-state index contributed by atoms with van der Waals surface area (Å²) in [5.74, 6) is 1.83. The minimum absolute atomic E-state index is 0.351. The third-order valence-electron chi connectivity index (χ3n) is 7.26. The molecule has 2 aromatic heterocycles. The van der Waals surface area contributed by atoms with Crippen LogP contribution in [0.15, 0.2) is 91.4 Å². The maximum atomic E-state index is 5.38. The molecule has 0 aliphatic carbocycles. The summed E-state index contributed by atoms with van der Waals surface area (Å²) in [5.41, 5.74) is 6.81. The van der Waals surface area contributed by atoms with Crippen molar-refractivity contribution >= 4 is 22.5 Å². The summed E-state index contributed by atoms with van der Waals surface area (Å²) in [4.78, 5) is 14.6. The van der Waals surface area contributed by atoms with E-state index in [9.17, 15) is 0 Å². The van der Waals surface area contributed by atoms with Crippen LogP contribution in [0.4, 0.5) is 11.5 Å². The number of ether oxygens (including phenoxy) is 1. The Kier molecular flexibility index (Phi) is 6.01. The highest BCUT2D eigenvalue weighted by atomic mass is 16.5. The minimum atomic E-state index is 0.351. The second-order valence-electron chi connectivity index (χ2n) is 9.70. The molecule has 3 heterocycles. The van der Waals surface area contributed by atoms with Gasteiger partial charge in [-0.1, -0.05) is 42.5 Å².